The number of fused-ring (bicyclic) bond motifs is 4. The van der Waals surface area contributed by atoms with Crippen molar-refractivity contribution >= 4 is 5.97 Å². The molecule has 0 aromatic carbocycles. The Hall–Kier alpha value is -0.910. The number of aliphatic hydroxyl groups excluding tert-OH is 2. The normalized spacial score (nSPS) is 51.5. The van der Waals surface area contributed by atoms with Crippen molar-refractivity contribution in [3.05, 3.63) is 11.1 Å². The molecule has 0 unspecified atom stereocenters. The van der Waals surface area contributed by atoms with Gasteiger partial charge in [0.2, 0.25) is 0 Å². The summed E-state index contributed by atoms with van der Waals surface area (Å²) in [5, 5.41) is 33.8. The van der Waals surface area contributed by atoms with Gasteiger partial charge in [0.1, 0.15) is 17.8 Å². The van der Waals surface area contributed by atoms with E-state index in [0.717, 1.165) is 25.7 Å². The molecule has 1 aliphatic heterocycles. The van der Waals surface area contributed by atoms with Gasteiger partial charge >= 0.3 is 5.97 Å². The highest BCUT2D eigenvalue weighted by molar-refractivity contribution is 5.92. The Morgan fingerprint density at radius 3 is 2.48 bits per heavy atom. The lowest BCUT2D eigenvalue weighted by molar-refractivity contribution is -0.259. The van der Waals surface area contributed by atoms with Crippen LogP contribution in [0.5, 0.6) is 0 Å². The molecule has 0 amide bonds. The maximum Gasteiger partial charge on any atom is 0.334 e. The largest absolute Gasteiger partial charge is 0.452 e. The third-order valence-electron chi connectivity index (χ3n) is 8.06. The van der Waals surface area contributed by atoms with Crippen LogP contribution in [0.1, 0.15) is 59.8 Å². The Bertz CT molecular complexity index is 652. The van der Waals surface area contributed by atoms with Crippen LogP contribution in [-0.2, 0) is 9.53 Å². The molecule has 5 heteroatoms. The summed E-state index contributed by atoms with van der Waals surface area (Å²) in [6.45, 7) is 8.31. The first kappa shape index (κ1) is 17.5. The number of carbonyl (C=O) groups excluding carboxylic acids is 1. The first-order chi connectivity index (χ1) is 11.5. The summed E-state index contributed by atoms with van der Waals surface area (Å²) in [4.78, 5) is 12.0. The van der Waals surface area contributed by atoms with Gasteiger partial charge in [-0.15, -0.1) is 0 Å². The first-order valence-corrected chi connectivity index (χ1v) is 9.54. The van der Waals surface area contributed by atoms with Crippen molar-refractivity contribution in [3.8, 4) is 0 Å². The van der Waals surface area contributed by atoms with E-state index < -0.39 is 35.8 Å². The number of esters is 1. The minimum atomic E-state index is -1.40. The SMILES string of the molecule is CC1=C2[C@@H](OC1=O)[C@@H](O)[C@H]1[C@]3(C)CCCC(C)(C)[C@H]3CC[C@]1(O)[C@H]2O. The summed E-state index contributed by atoms with van der Waals surface area (Å²) in [5.41, 5.74) is -0.840. The summed E-state index contributed by atoms with van der Waals surface area (Å²) in [5.74, 6) is -0.628. The minimum Gasteiger partial charge on any atom is -0.452 e. The van der Waals surface area contributed by atoms with Crippen LogP contribution in [0.15, 0.2) is 11.1 Å². The fourth-order valence-electron chi connectivity index (χ4n) is 7.01. The number of hydrogen-bond acceptors (Lipinski definition) is 5. The molecule has 3 N–H and O–H groups in total. The lowest BCUT2D eigenvalue weighted by Gasteiger charge is -2.65. The predicted molar refractivity (Wildman–Crippen MR) is 91.5 cm³/mol. The molecule has 0 radical (unpaired) electrons. The van der Waals surface area contributed by atoms with Gasteiger partial charge in [-0.25, -0.2) is 4.79 Å². The number of rotatable bonds is 0. The van der Waals surface area contributed by atoms with Crippen LogP contribution in [0.25, 0.3) is 0 Å². The molecule has 0 spiro atoms. The van der Waals surface area contributed by atoms with E-state index >= 15 is 0 Å². The van der Waals surface area contributed by atoms with E-state index in [4.69, 9.17) is 4.74 Å². The molecule has 3 fully saturated rings. The zero-order valence-electron chi connectivity index (χ0n) is 15.6. The average molecular weight is 350 g/mol. The predicted octanol–water partition coefficient (Wildman–Crippen LogP) is 1.94. The van der Waals surface area contributed by atoms with Gasteiger partial charge in [0.15, 0.2) is 6.10 Å². The van der Waals surface area contributed by atoms with E-state index in [1.165, 1.54) is 0 Å². The molecule has 4 aliphatic rings. The van der Waals surface area contributed by atoms with Crippen LogP contribution in [0, 0.1) is 22.7 Å². The molecule has 0 aromatic rings. The molecule has 0 saturated heterocycles. The zero-order chi connectivity index (χ0) is 18.4. The van der Waals surface area contributed by atoms with Crippen LogP contribution in [0.4, 0.5) is 0 Å². The molecule has 3 saturated carbocycles. The molecule has 25 heavy (non-hydrogen) atoms. The van der Waals surface area contributed by atoms with E-state index in [0.29, 0.717) is 23.5 Å². The van der Waals surface area contributed by atoms with Gasteiger partial charge in [0, 0.05) is 17.1 Å². The van der Waals surface area contributed by atoms with Crippen molar-refractivity contribution in [1.29, 1.82) is 0 Å². The second-order valence-corrected chi connectivity index (χ2v) is 9.71. The van der Waals surface area contributed by atoms with Crippen LogP contribution in [0.3, 0.4) is 0 Å². The Labute approximate surface area is 149 Å². The lowest BCUT2D eigenvalue weighted by atomic mass is 9.42. The molecule has 7 atom stereocenters. The molecular weight excluding hydrogens is 320 g/mol. The van der Waals surface area contributed by atoms with Crippen molar-refractivity contribution in [2.45, 2.75) is 83.7 Å². The van der Waals surface area contributed by atoms with E-state index in [-0.39, 0.29) is 10.8 Å². The summed E-state index contributed by atoms with van der Waals surface area (Å²) in [6.07, 6.45) is 1.40. The Morgan fingerprint density at radius 2 is 1.80 bits per heavy atom. The van der Waals surface area contributed by atoms with Crippen molar-refractivity contribution in [1.82, 2.24) is 0 Å². The van der Waals surface area contributed by atoms with Gasteiger partial charge in [0.25, 0.3) is 0 Å². The second-order valence-electron chi connectivity index (χ2n) is 9.71. The summed E-state index contributed by atoms with van der Waals surface area (Å²) >= 11 is 0. The molecule has 0 aromatic heterocycles. The fourth-order valence-corrected chi connectivity index (χ4v) is 7.01. The number of carbonyl (C=O) groups is 1. The highest BCUT2D eigenvalue weighted by atomic mass is 16.6. The Morgan fingerprint density at radius 1 is 1.12 bits per heavy atom. The molecule has 140 valence electrons. The third-order valence-corrected chi connectivity index (χ3v) is 8.06. The molecule has 5 nitrogen and oxygen atoms in total. The standard InChI is InChI=1S/C20H30O5/c1-10-12-14(25-17(10)23)13(21)15-19(4)8-5-7-18(2,3)11(19)6-9-20(15,24)16(12)22/h11,13-16,21-22,24H,5-9H2,1-4H3/t11-,13-,14-,15+,16+,19-,20-/m1/s1. The van der Waals surface area contributed by atoms with E-state index in [1.54, 1.807) is 6.92 Å². The second kappa shape index (κ2) is 5.08. The summed E-state index contributed by atoms with van der Waals surface area (Å²) < 4.78 is 5.40. The van der Waals surface area contributed by atoms with Gasteiger partial charge < -0.3 is 20.1 Å². The highest BCUT2D eigenvalue weighted by Gasteiger charge is 2.69. The Balaban J connectivity index is 1.84. The van der Waals surface area contributed by atoms with Crippen LogP contribution in [0.2, 0.25) is 0 Å². The third kappa shape index (κ3) is 2.03. The maximum absolute atomic E-state index is 12.0. The van der Waals surface area contributed by atoms with Crippen molar-refractivity contribution < 1.29 is 24.9 Å². The molecule has 3 aliphatic carbocycles. The van der Waals surface area contributed by atoms with E-state index in [1.807, 2.05) is 0 Å². The first-order valence-electron chi connectivity index (χ1n) is 9.54. The number of aliphatic hydroxyl groups is 3. The highest BCUT2D eigenvalue weighted by Crippen LogP contribution is 2.65. The molecule has 1 heterocycles. The van der Waals surface area contributed by atoms with E-state index in [9.17, 15) is 20.1 Å². The molecule has 0 bridgehead atoms. The quantitative estimate of drug-likeness (QED) is 0.581. The van der Waals surface area contributed by atoms with Gasteiger partial charge in [-0.1, -0.05) is 27.2 Å². The van der Waals surface area contributed by atoms with Gasteiger partial charge in [-0.05, 0) is 49.4 Å². The Kier molecular flexibility index (Phi) is 3.56. The number of ether oxygens (including phenoxy) is 1. The van der Waals surface area contributed by atoms with Gasteiger partial charge in [-0.3, -0.25) is 0 Å². The van der Waals surface area contributed by atoms with Crippen molar-refractivity contribution in [2.75, 3.05) is 0 Å². The molecular formula is C20H30O5. The van der Waals surface area contributed by atoms with E-state index in [2.05, 4.69) is 20.8 Å². The average Bonchev–Trinajstić information content (AvgIpc) is 2.80. The smallest absolute Gasteiger partial charge is 0.334 e. The van der Waals surface area contributed by atoms with Crippen molar-refractivity contribution in [2.24, 2.45) is 22.7 Å². The minimum absolute atomic E-state index is 0.136. The van der Waals surface area contributed by atoms with Crippen molar-refractivity contribution in [3.63, 3.8) is 0 Å². The fraction of sp³-hybridized carbons (Fsp3) is 0.850. The summed E-state index contributed by atoms with van der Waals surface area (Å²) in [6, 6.07) is 0. The van der Waals surface area contributed by atoms with Crippen LogP contribution >= 0.6 is 0 Å². The lowest BCUT2D eigenvalue weighted by Crippen LogP contribution is -2.71. The summed E-state index contributed by atoms with van der Waals surface area (Å²) in [7, 11) is 0. The zero-order valence-corrected chi connectivity index (χ0v) is 15.6. The maximum atomic E-state index is 12.0. The topological polar surface area (TPSA) is 87.0 Å². The number of hydrogen-bond donors (Lipinski definition) is 3. The van der Waals surface area contributed by atoms with Gasteiger partial charge in [-0.2, -0.15) is 0 Å². The van der Waals surface area contributed by atoms with Crippen LogP contribution in [-0.4, -0.2) is 45.2 Å². The molecule has 4 rings (SSSR count). The monoisotopic (exact) mass is 350 g/mol. The van der Waals surface area contributed by atoms with Crippen LogP contribution < -0.4 is 0 Å². The van der Waals surface area contributed by atoms with Gasteiger partial charge in [0.05, 0.1) is 0 Å².